The summed E-state index contributed by atoms with van der Waals surface area (Å²) >= 11 is 0. The Morgan fingerprint density at radius 2 is 2.29 bits per heavy atom. The molecule has 0 saturated heterocycles. The molecule has 0 spiro atoms. The molecule has 0 bridgehead atoms. The van der Waals surface area contributed by atoms with Crippen LogP contribution in [0, 0.1) is 5.41 Å². The van der Waals surface area contributed by atoms with Crippen LogP contribution in [0.1, 0.15) is 45.4 Å². The number of ketones is 1. The van der Waals surface area contributed by atoms with E-state index in [2.05, 4.69) is 6.58 Å². The smallest absolute Gasteiger partial charge is 0.141 e. The van der Waals surface area contributed by atoms with E-state index in [9.17, 15) is 9.90 Å². The number of carbonyl (C=O) groups excluding carboxylic acids is 1. The highest BCUT2D eigenvalue weighted by molar-refractivity contribution is 5.85. The largest absolute Gasteiger partial charge is 0.392 e. The lowest BCUT2D eigenvalue weighted by Crippen LogP contribution is -2.40. The highest BCUT2D eigenvalue weighted by Gasteiger charge is 2.38. The number of allylic oxidation sites excluding steroid dienone is 1. The predicted octanol–water partition coefficient (Wildman–Crippen LogP) is 2.46. The minimum atomic E-state index is -0.581. The summed E-state index contributed by atoms with van der Waals surface area (Å²) < 4.78 is 0. The Kier molecular flexibility index (Phi) is 3.87. The van der Waals surface area contributed by atoms with Gasteiger partial charge >= 0.3 is 0 Å². The Balaban J connectivity index is 2.80. The van der Waals surface area contributed by atoms with Crippen LogP contribution in [0.5, 0.6) is 0 Å². The van der Waals surface area contributed by atoms with E-state index < -0.39 is 11.5 Å². The molecule has 0 aromatic carbocycles. The van der Waals surface area contributed by atoms with E-state index in [0.29, 0.717) is 12.8 Å². The van der Waals surface area contributed by atoms with Crippen LogP contribution in [0.15, 0.2) is 12.7 Å². The molecular formula is C12H20O2. The first kappa shape index (κ1) is 11.4. The molecule has 1 aliphatic carbocycles. The molecule has 0 unspecified atom stereocenters. The second-order valence-electron chi connectivity index (χ2n) is 4.45. The van der Waals surface area contributed by atoms with E-state index in [-0.39, 0.29) is 5.78 Å². The second-order valence-corrected chi connectivity index (χ2v) is 4.45. The van der Waals surface area contributed by atoms with Crippen molar-refractivity contribution in [2.24, 2.45) is 5.41 Å². The van der Waals surface area contributed by atoms with Crippen molar-refractivity contribution in [2.75, 3.05) is 0 Å². The van der Waals surface area contributed by atoms with Crippen molar-refractivity contribution >= 4 is 5.78 Å². The Morgan fingerprint density at radius 1 is 1.57 bits per heavy atom. The first-order valence-electron chi connectivity index (χ1n) is 5.43. The van der Waals surface area contributed by atoms with Crippen molar-refractivity contribution in [3.63, 3.8) is 0 Å². The second kappa shape index (κ2) is 4.74. The van der Waals surface area contributed by atoms with E-state index in [1.165, 1.54) is 0 Å². The molecule has 0 aliphatic heterocycles. The number of hydrogen-bond donors (Lipinski definition) is 1. The van der Waals surface area contributed by atoms with Gasteiger partial charge in [0.05, 0.1) is 11.5 Å². The van der Waals surface area contributed by atoms with Gasteiger partial charge in [0.25, 0.3) is 0 Å². The van der Waals surface area contributed by atoms with Crippen molar-refractivity contribution in [1.82, 2.24) is 0 Å². The number of rotatable bonds is 2. The zero-order valence-electron chi connectivity index (χ0n) is 8.96. The zero-order chi connectivity index (χ0) is 10.6. The summed E-state index contributed by atoms with van der Waals surface area (Å²) in [7, 11) is 0. The molecule has 80 valence electrons. The highest BCUT2D eigenvalue weighted by Crippen LogP contribution is 2.34. The average Bonchev–Trinajstić information content (AvgIpc) is 2.15. The predicted molar refractivity (Wildman–Crippen MR) is 57.0 cm³/mol. The number of aliphatic hydroxyl groups is 1. The lowest BCUT2D eigenvalue weighted by atomic mass is 9.72. The lowest BCUT2D eigenvalue weighted by molar-refractivity contribution is -0.135. The van der Waals surface area contributed by atoms with Gasteiger partial charge in [-0.3, -0.25) is 4.79 Å². The molecule has 2 atom stereocenters. The monoisotopic (exact) mass is 196 g/mol. The third-order valence-electron chi connectivity index (χ3n) is 3.32. The molecule has 1 saturated carbocycles. The Morgan fingerprint density at radius 3 is 2.93 bits per heavy atom. The number of Topliss-reactive ketones (excluding diaryl/α,β-unsaturated/α-hetero) is 1. The summed E-state index contributed by atoms with van der Waals surface area (Å²) in [6, 6.07) is 0. The summed E-state index contributed by atoms with van der Waals surface area (Å²) in [5.41, 5.74) is -0.581. The molecule has 14 heavy (non-hydrogen) atoms. The Hall–Kier alpha value is -0.630. The molecule has 1 rings (SSSR count). The Labute approximate surface area is 86.0 Å². The summed E-state index contributed by atoms with van der Waals surface area (Å²) in [5.74, 6) is 0.199. The summed E-state index contributed by atoms with van der Waals surface area (Å²) in [4.78, 5) is 11.9. The zero-order valence-corrected chi connectivity index (χ0v) is 8.96. The van der Waals surface area contributed by atoms with Crippen molar-refractivity contribution in [3.05, 3.63) is 12.7 Å². The van der Waals surface area contributed by atoms with E-state index >= 15 is 0 Å². The van der Waals surface area contributed by atoms with Crippen LogP contribution >= 0.6 is 0 Å². The fourth-order valence-corrected chi connectivity index (χ4v) is 2.14. The van der Waals surface area contributed by atoms with Gasteiger partial charge in [0.1, 0.15) is 5.78 Å². The van der Waals surface area contributed by atoms with E-state index in [4.69, 9.17) is 0 Å². The third-order valence-corrected chi connectivity index (χ3v) is 3.32. The third kappa shape index (κ3) is 2.24. The van der Waals surface area contributed by atoms with Crippen molar-refractivity contribution in [2.45, 2.75) is 51.6 Å². The van der Waals surface area contributed by atoms with Gasteiger partial charge in [0, 0.05) is 6.42 Å². The summed E-state index contributed by atoms with van der Waals surface area (Å²) in [5, 5.41) is 9.97. The van der Waals surface area contributed by atoms with Crippen LogP contribution in [0.4, 0.5) is 0 Å². The fraction of sp³-hybridized carbons (Fsp3) is 0.750. The number of carbonyl (C=O) groups is 1. The van der Waals surface area contributed by atoms with Crippen LogP contribution < -0.4 is 0 Å². The lowest BCUT2D eigenvalue weighted by Gasteiger charge is -2.34. The van der Waals surface area contributed by atoms with Gasteiger partial charge in [-0.15, -0.1) is 6.58 Å². The van der Waals surface area contributed by atoms with Gasteiger partial charge < -0.3 is 5.11 Å². The van der Waals surface area contributed by atoms with Gasteiger partial charge in [-0.2, -0.15) is 0 Å². The van der Waals surface area contributed by atoms with Crippen molar-refractivity contribution in [1.29, 1.82) is 0 Å². The summed E-state index contributed by atoms with van der Waals surface area (Å²) in [6.45, 7) is 5.53. The van der Waals surface area contributed by atoms with Gasteiger partial charge in [-0.25, -0.2) is 0 Å². The van der Waals surface area contributed by atoms with Crippen LogP contribution in [0.3, 0.4) is 0 Å². The molecule has 1 fully saturated rings. The molecule has 0 radical (unpaired) electrons. The molecule has 0 aromatic heterocycles. The van der Waals surface area contributed by atoms with E-state index in [1.54, 1.807) is 6.08 Å². The van der Waals surface area contributed by atoms with Gasteiger partial charge in [-0.1, -0.05) is 18.9 Å². The van der Waals surface area contributed by atoms with Gasteiger partial charge in [-0.05, 0) is 26.2 Å². The highest BCUT2D eigenvalue weighted by atomic mass is 16.3. The molecule has 0 amide bonds. The molecule has 1 aliphatic rings. The Bertz CT molecular complexity index is 222. The molecular weight excluding hydrogens is 176 g/mol. The molecule has 0 aromatic rings. The first-order valence-corrected chi connectivity index (χ1v) is 5.43. The average molecular weight is 196 g/mol. The SMILES string of the molecule is C=CC[C@@]1(C)C(=O)CCCCC[C@H]1O. The number of aliphatic hydroxyl groups excluding tert-OH is 1. The van der Waals surface area contributed by atoms with Crippen LogP contribution in [-0.4, -0.2) is 17.0 Å². The van der Waals surface area contributed by atoms with Crippen molar-refractivity contribution in [3.8, 4) is 0 Å². The van der Waals surface area contributed by atoms with Gasteiger partial charge in [0.15, 0.2) is 0 Å². The maximum Gasteiger partial charge on any atom is 0.141 e. The number of hydrogen-bond acceptors (Lipinski definition) is 2. The summed E-state index contributed by atoms with van der Waals surface area (Å²) in [6.07, 6.45) is 6.26. The maximum absolute atomic E-state index is 11.9. The molecule has 2 nitrogen and oxygen atoms in total. The fourth-order valence-electron chi connectivity index (χ4n) is 2.14. The minimum absolute atomic E-state index is 0.199. The van der Waals surface area contributed by atoms with Gasteiger partial charge in [0.2, 0.25) is 0 Å². The topological polar surface area (TPSA) is 37.3 Å². The molecule has 1 N–H and O–H groups in total. The minimum Gasteiger partial charge on any atom is -0.392 e. The van der Waals surface area contributed by atoms with Crippen molar-refractivity contribution < 1.29 is 9.90 Å². The van der Waals surface area contributed by atoms with Crippen LogP contribution in [0.2, 0.25) is 0 Å². The van der Waals surface area contributed by atoms with E-state index in [1.807, 2.05) is 6.92 Å². The first-order chi connectivity index (χ1) is 6.61. The van der Waals surface area contributed by atoms with Crippen LogP contribution in [-0.2, 0) is 4.79 Å². The maximum atomic E-state index is 11.9. The standard InChI is InChI=1S/C12H20O2/c1-3-9-12(2)10(13)7-5-4-6-8-11(12)14/h3,10,13H,1,4-9H2,2H3/t10-,12-/m1/s1. The van der Waals surface area contributed by atoms with E-state index in [0.717, 1.165) is 25.7 Å². The molecule has 0 heterocycles. The normalized spacial score (nSPS) is 34.7. The quantitative estimate of drug-likeness (QED) is 0.689. The van der Waals surface area contributed by atoms with Crippen LogP contribution in [0.25, 0.3) is 0 Å². The molecule has 2 heteroatoms.